The van der Waals surface area contributed by atoms with Gasteiger partial charge in [0, 0.05) is 29.4 Å². The fourth-order valence-electron chi connectivity index (χ4n) is 1.57. The van der Waals surface area contributed by atoms with E-state index in [1.807, 2.05) is 19.4 Å². The Labute approximate surface area is 112 Å². The van der Waals surface area contributed by atoms with E-state index in [2.05, 4.69) is 47.3 Å². The SMILES string of the molecule is CNCc1cnc(Sc2ccc(C)c(C)c2)nc1. The molecule has 1 aromatic carbocycles. The fraction of sp³-hybridized carbons (Fsp3) is 0.286. The first-order valence-electron chi connectivity index (χ1n) is 5.89. The molecule has 0 amide bonds. The van der Waals surface area contributed by atoms with Crippen molar-refractivity contribution in [1.29, 1.82) is 0 Å². The van der Waals surface area contributed by atoms with Crippen molar-refractivity contribution >= 4 is 11.8 Å². The largest absolute Gasteiger partial charge is 0.316 e. The van der Waals surface area contributed by atoms with Gasteiger partial charge in [0.1, 0.15) is 0 Å². The molecule has 0 saturated carbocycles. The Bertz CT molecular complexity index is 523. The minimum Gasteiger partial charge on any atom is -0.316 e. The van der Waals surface area contributed by atoms with Gasteiger partial charge < -0.3 is 5.32 Å². The molecule has 2 aromatic rings. The predicted octanol–water partition coefficient (Wildman–Crippen LogP) is 2.96. The van der Waals surface area contributed by atoms with Crippen LogP contribution in [0.25, 0.3) is 0 Å². The van der Waals surface area contributed by atoms with Gasteiger partial charge in [0.15, 0.2) is 5.16 Å². The molecule has 0 spiro atoms. The van der Waals surface area contributed by atoms with Crippen molar-refractivity contribution in [2.75, 3.05) is 7.05 Å². The van der Waals surface area contributed by atoms with Crippen molar-refractivity contribution in [3.63, 3.8) is 0 Å². The van der Waals surface area contributed by atoms with E-state index in [1.54, 1.807) is 11.8 Å². The molecule has 3 nitrogen and oxygen atoms in total. The first-order chi connectivity index (χ1) is 8.69. The highest BCUT2D eigenvalue weighted by Gasteiger charge is 2.02. The van der Waals surface area contributed by atoms with E-state index in [-0.39, 0.29) is 0 Å². The summed E-state index contributed by atoms with van der Waals surface area (Å²) < 4.78 is 0. The molecule has 2 rings (SSSR count). The van der Waals surface area contributed by atoms with Gasteiger partial charge in [-0.1, -0.05) is 6.07 Å². The number of hydrogen-bond donors (Lipinski definition) is 1. The van der Waals surface area contributed by atoms with E-state index in [1.165, 1.54) is 16.0 Å². The van der Waals surface area contributed by atoms with Gasteiger partial charge >= 0.3 is 0 Å². The summed E-state index contributed by atoms with van der Waals surface area (Å²) in [6, 6.07) is 6.41. The van der Waals surface area contributed by atoms with Gasteiger partial charge in [0.2, 0.25) is 0 Å². The summed E-state index contributed by atoms with van der Waals surface area (Å²) in [5, 5.41) is 3.87. The van der Waals surface area contributed by atoms with E-state index in [9.17, 15) is 0 Å². The number of rotatable bonds is 4. The first-order valence-corrected chi connectivity index (χ1v) is 6.71. The van der Waals surface area contributed by atoms with E-state index < -0.39 is 0 Å². The second kappa shape index (κ2) is 5.98. The Kier molecular flexibility index (Phi) is 4.33. The maximum atomic E-state index is 4.36. The number of aromatic nitrogens is 2. The Hall–Kier alpha value is -1.39. The highest BCUT2D eigenvalue weighted by atomic mass is 32.2. The van der Waals surface area contributed by atoms with Gasteiger partial charge in [0.25, 0.3) is 0 Å². The van der Waals surface area contributed by atoms with E-state index in [0.717, 1.165) is 17.3 Å². The highest BCUT2D eigenvalue weighted by Crippen LogP contribution is 2.25. The minimum absolute atomic E-state index is 0.790. The van der Waals surface area contributed by atoms with Crippen molar-refractivity contribution < 1.29 is 0 Å². The van der Waals surface area contributed by atoms with Gasteiger partial charge in [0.05, 0.1) is 0 Å². The number of aryl methyl sites for hydroxylation is 2. The number of nitrogens with one attached hydrogen (secondary N) is 1. The van der Waals surface area contributed by atoms with Crippen LogP contribution in [0.4, 0.5) is 0 Å². The molecule has 0 fully saturated rings. The standard InChI is InChI=1S/C14H17N3S/c1-10-4-5-13(6-11(10)2)18-14-16-8-12(7-15-3)9-17-14/h4-6,8-9,15H,7H2,1-3H3. The summed E-state index contributed by atoms with van der Waals surface area (Å²) in [5.74, 6) is 0. The quantitative estimate of drug-likeness (QED) is 0.857. The fourth-order valence-corrected chi connectivity index (χ4v) is 2.37. The Balaban J connectivity index is 2.10. The molecule has 0 atom stereocenters. The molecule has 94 valence electrons. The zero-order valence-corrected chi connectivity index (χ0v) is 11.7. The van der Waals surface area contributed by atoms with Gasteiger partial charge in [-0.25, -0.2) is 9.97 Å². The lowest BCUT2D eigenvalue weighted by Crippen LogP contribution is -2.05. The molecule has 1 N–H and O–H groups in total. The average molecular weight is 259 g/mol. The summed E-state index contributed by atoms with van der Waals surface area (Å²) in [6.07, 6.45) is 3.74. The third kappa shape index (κ3) is 3.31. The highest BCUT2D eigenvalue weighted by molar-refractivity contribution is 7.99. The van der Waals surface area contributed by atoms with Crippen LogP contribution in [0.2, 0.25) is 0 Å². The molecule has 0 aliphatic rings. The molecule has 0 saturated heterocycles. The molecule has 0 aliphatic heterocycles. The van der Waals surface area contributed by atoms with Gasteiger partial charge in [-0.2, -0.15) is 0 Å². The van der Waals surface area contributed by atoms with Crippen LogP contribution in [0, 0.1) is 13.8 Å². The normalized spacial score (nSPS) is 10.6. The predicted molar refractivity (Wildman–Crippen MR) is 74.8 cm³/mol. The maximum absolute atomic E-state index is 4.36. The second-order valence-corrected chi connectivity index (χ2v) is 5.29. The summed E-state index contributed by atoms with van der Waals surface area (Å²) >= 11 is 1.59. The van der Waals surface area contributed by atoms with Crippen LogP contribution >= 0.6 is 11.8 Å². The van der Waals surface area contributed by atoms with Crippen LogP contribution in [-0.2, 0) is 6.54 Å². The zero-order chi connectivity index (χ0) is 13.0. The summed E-state index contributed by atoms with van der Waals surface area (Å²) in [6.45, 7) is 5.04. The van der Waals surface area contributed by atoms with Crippen LogP contribution in [0.15, 0.2) is 40.6 Å². The summed E-state index contributed by atoms with van der Waals surface area (Å²) in [4.78, 5) is 9.89. The molecular formula is C14H17N3S. The lowest BCUT2D eigenvalue weighted by Gasteiger charge is -2.04. The smallest absolute Gasteiger partial charge is 0.192 e. The molecule has 4 heteroatoms. The Morgan fingerprint density at radius 1 is 1.11 bits per heavy atom. The van der Waals surface area contributed by atoms with E-state index in [4.69, 9.17) is 0 Å². The van der Waals surface area contributed by atoms with Gasteiger partial charge in [-0.05, 0) is 55.9 Å². The van der Waals surface area contributed by atoms with Crippen LogP contribution < -0.4 is 5.32 Å². The van der Waals surface area contributed by atoms with Crippen molar-refractivity contribution in [1.82, 2.24) is 15.3 Å². The first kappa shape index (κ1) is 13.1. The van der Waals surface area contributed by atoms with Crippen LogP contribution in [-0.4, -0.2) is 17.0 Å². The lowest BCUT2D eigenvalue weighted by molar-refractivity contribution is 0.793. The van der Waals surface area contributed by atoms with Gasteiger partial charge in [-0.3, -0.25) is 0 Å². The van der Waals surface area contributed by atoms with Crippen molar-refractivity contribution in [3.05, 3.63) is 47.3 Å². The molecular weight excluding hydrogens is 242 g/mol. The van der Waals surface area contributed by atoms with Gasteiger partial charge in [-0.15, -0.1) is 0 Å². The Morgan fingerprint density at radius 2 is 1.83 bits per heavy atom. The van der Waals surface area contributed by atoms with E-state index in [0.29, 0.717) is 0 Å². The summed E-state index contributed by atoms with van der Waals surface area (Å²) in [5.41, 5.74) is 3.71. The van der Waals surface area contributed by atoms with Crippen molar-refractivity contribution in [3.8, 4) is 0 Å². The molecule has 0 bridgehead atoms. The number of nitrogens with zero attached hydrogens (tertiary/aromatic N) is 2. The molecule has 1 heterocycles. The maximum Gasteiger partial charge on any atom is 0.192 e. The van der Waals surface area contributed by atoms with Crippen LogP contribution in [0.3, 0.4) is 0 Å². The third-order valence-corrected chi connectivity index (χ3v) is 3.63. The van der Waals surface area contributed by atoms with Crippen molar-refractivity contribution in [2.45, 2.75) is 30.4 Å². The van der Waals surface area contributed by atoms with E-state index >= 15 is 0 Å². The average Bonchev–Trinajstić information content (AvgIpc) is 2.37. The van der Waals surface area contributed by atoms with Crippen molar-refractivity contribution in [2.24, 2.45) is 0 Å². The molecule has 18 heavy (non-hydrogen) atoms. The molecule has 0 aliphatic carbocycles. The lowest BCUT2D eigenvalue weighted by atomic mass is 10.1. The number of hydrogen-bond acceptors (Lipinski definition) is 4. The van der Waals surface area contributed by atoms with Crippen LogP contribution in [0.5, 0.6) is 0 Å². The zero-order valence-electron chi connectivity index (χ0n) is 10.9. The topological polar surface area (TPSA) is 37.8 Å². The monoisotopic (exact) mass is 259 g/mol. The Morgan fingerprint density at radius 3 is 2.44 bits per heavy atom. The minimum atomic E-state index is 0.790. The third-order valence-electron chi connectivity index (χ3n) is 2.75. The number of benzene rings is 1. The van der Waals surface area contributed by atoms with Crippen LogP contribution in [0.1, 0.15) is 16.7 Å². The molecule has 0 radical (unpaired) electrons. The molecule has 1 aromatic heterocycles. The molecule has 0 unspecified atom stereocenters. The summed E-state index contributed by atoms with van der Waals surface area (Å²) in [7, 11) is 1.91. The second-order valence-electron chi connectivity index (χ2n) is 4.25.